The van der Waals surface area contributed by atoms with E-state index in [4.69, 9.17) is 0 Å². The van der Waals surface area contributed by atoms with E-state index in [0.717, 1.165) is 31.5 Å². The van der Waals surface area contributed by atoms with Gasteiger partial charge in [0, 0.05) is 32.0 Å². The summed E-state index contributed by atoms with van der Waals surface area (Å²) in [5, 5.41) is 3.29. The Morgan fingerprint density at radius 2 is 2.33 bits per heavy atom. The van der Waals surface area contributed by atoms with Crippen LogP contribution in [0.15, 0.2) is 18.5 Å². The van der Waals surface area contributed by atoms with E-state index < -0.39 is 0 Å². The second-order valence-electron chi connectivity index (χ2n) is 4.85. The molecule has 0 bridgehead atoms. The first-order valence-electron chi connectivity index (χ1n) is 6.69. The summed E-state index contributed by atoms with van der Waals surface area (Å²) in [6.45, 7) is 2.98. The first kappa shape index (κ1) is 12.9. The predicted molar refractivity (Wildman–Crippen MR) is 72.8 cm³/mol. The number of aromatic nitrogens is 1. The summed E-state index contributed by atoms with van der Waals surface area (Å²) in [6, 6.07) is 2.29. The van der Waals surface area contributed by atoms with Crippen LogP contribution in [0.2, 0.25) is 0 Å². The molecule has 4 heteroatoms. The lowest BCUT2D eigenvalue weighted by Crippen LogP contribution is -2.41. The van der Waals surface area contributed by atoms with E-state index in [0.29, 0.717) is 11.6 Å². The van der Waals surface area contributed by atoms with Crippen molar-refractivity contribution < 1.29 is 4.79 Å². The Morgan fingerprint density at radius 3 is 2.94 bits per heavy atom. The standard InChI is InChI=1S/C14H21N3O/c1-3-8-16-13-7-9-15-10-12(13)14(18)17(2)11-5-4-6-11/h7,9-11H,3-6,8H2,1-2H3,(H,15,16). The van der Waals surface area contributed by atoms with Crippen molar-refractivity contribution in [1.82, 2.24) is 9.88 Å². The van der Waals surface area contributed by atoms with Crippen LogP contribution in [0, 0.1) is 0 Å². The van der Waals surface area contributed by atoms with Crippen LogP contribution < -0.4 is 5.32 Å². The van der Waals surface area contributed by atoms with Gasteiger partial charge in [-0.15, -0.1) is 0 Å². The second kappa shape index (κ2) is 5.85. The number of pyridine rings is 1. The summed E-state index contributed by atoms with van der Waals surface area (Å²) in [5.41, 5.74) is 1.57. The van der Waals surface area contributed by atoms with E-state index in [1.165, 1.54) is 6.42 Å². The fraction of sp³-hybridized carbons (Fsp3) is 0.571. The molecule has 0 radical (unpaired) electrons. The van der Waals surface area contributed by atoms with Gasteiger partial charge in [-0.2, -0.15) is 0 Å². The highest BCUT2D eigenvalue weighted by Gasteiger charge is 2.27. The fourth-order valence-corrected chi connectivity index (χ4v) is 2.11. The molecule has 1 aliphatic rings. The van der Waals surface area contributed by atoms with Gasteiger partial charge in [-0.1, -0.05) is 6.92 Å². The molecule has 0 atom stereocenters. The normalized spacial score (nSPS) is 15.0. The van der Waals surface area contributed by atoms with Crippen molar-refractivity contribution in [3.63, 3.8) is 0 Å². The van der Waals surface area contributed by atoms with Crippen molar-refractivity contribution >= 4 is 11.6 Å². The van der Waals surface area contributed by atoms with E-state index in [9.17, 15) is 4.79 Å². The topological polar surface area (TPSA) is 45.2 Å². The highest BCUT2D eigenvalue weighted by Crippen LogP contribution is 2.26. The van der Waals surface area contributed by atoms with E-state index in [1.54, 1.807) is 12.4 Å². The maximum Gasteiger partial charge on any atom is 0.257 e. The van der Waals surface area contributed by atoms with Crippen molar-refractivity contribution in [2.24, 2.45) is 0 Å². The monoisotopic (exact) mass is 247 g/mol. The number of amides is 1. The quantitative estimate of drug-likeness (QED) is 0.869. The van der Waals surface area contributed by atoms with Crippen LogP contribution in [0.5, 0.6) is 0 Å². The highest BCUT2D eigenvalue weighted by molar-refractivity contribution is 5.99. The molecule has 0 aromatic carbocycles. The number of hydrogen-bond donors (Lipinski definition) is 1. The Balaban J connectivity index is 2.12. The zero-order valence-electron chi connectivity index (χ0n) is 11.1. The predicted octanol–water partition coefficient (Wildman–Crippen LogP) is 2.53. The van der Waals surface area contributed by atoms with Gasteiger partial charge in [0.1, 0.15) is 0 Å². The van der Waals surface area contributed by atoms with Gasteiger partial charge in [-0.3, -0.25) is 9.78 Å². The fourth-order valence-electron chi connectivity index (χ4n) is 2.11. The summed E-state index contributed by atoms with van der Waals surface area (Å²) >= 11 is 0. The Hall–Kier alpha value is -1.58. The first-order valence-corrected chi connectivity index (χ1v) is 6.69. The number of carbonyl (C=O) groups excluding carboxylic acids is 1. The molecule has 1 saturated carbocycles. The molecule has 1 fully saturated rings. The van der Waals surface area contributed by atoms with Gasteiger partial charge in [0.25, 0.3) is 5.91 Å². The van der Waals surface area contributed by atoms with E-state index in [2.05, 4.69) is 17.2 Å². The van der Waals surface area contributed by atoms with Gasteiger partial charge >= 0.3 is 0 Å². The maximum absolute atomic E-state index is 12.4. The molecule has 0 saturated heterocycles. The highest BCUT2D eigenvalue weighted by atomic mass is 16.2. The first-order chi connectivity index (χ1) is 8.74. The molecule has 1 aliphatic carbocycles. The Labute approximate surface area is 108 Å². The van der Waals surface area contributed by atoms with Crippen molar-refractivity contribution in [3.8, 4) is 0 Å². The molecule has 18 heavy (non-hydrogen) atoms. The molecule has 0 unspecified atom stereocenters. The minimum Gasteiger partial charge on any atom is -0.384 e. The van der Waals surface area contributed by atoms with Crippen LogP contribution in [-0.2, 0) is 0 Å². The maximum atomic E-state index is 12.4. The Bertz CT molecular complexity index is 415. The van der Waals surface area contributed by atoms with Crippen LogP contribution in [0.4, 0.5) is 5.69 Å². The minimum atomic E-state index is 0.0754. The number of nitrogens with one attached hydrogen (secondary N) is 1. The van der Waals surface area contributed by atoms with E-state index >= 15 is 0 Å². The van der Waals surface area contributed by atoms with Gasteiger partial charge in [-0.05, 0) is 31.7 Å². The molecule has 1 N–H and O–H groups in total. The lowest BCUT2D eigenvalue weighted by molar-refractivity contribution is 0.0652. The summed E-state index contributed by atoms with van der Waals surface area (Å²) < 4.78 is 0. The summed E-state index contributed by atoms with van der Waals surface area (Å²) in [6.07, 6.45) is 7.90. The van der Waals surface area contributed by atoms with E-state index in [-0.39, 0.29) is 5.91 Å². The van der Waals surface area contributed by atoms with Crippen molar-refractivity contribution in [3.05, 3.63) is 24.0 Å². The van der Waals surface area contributed by atoms with Gasteiger partial charge < -0.3 is 10.2 Å². The Morgan fingerprint density at radius 1 is 1.56 bits per heavy atom. The third-order valence-electron chi connectivity index (χ3n) is 3.56. The smallest absolute Gasteiger partial charge is 0.257 e. The van der Waals surface area contributed by atoms with Crippen molar-refractivity contribution in [2.45, 2.75) is 38.6 Å². The molecular formula is C14H21N3O. The van der Waals surface area contributed by atoms with Crippen LogP contribution in [0.3, 0.4) is 0 Å². The van der Waals surface area contributed by atoms with Crippen LogP contribution >= 0.6 is 0 Å². The molecule has 1 amide bonds. The number of rotatable bonds is 5. The van der Waals surface area contributed by atoms with Gasteiger partial charge in [-0.25, -0.2) is 0 Å². The molecule has 0 aliphatic heterocycles. The molecule has 1 aromatic rings. The molecule has 0 spiro atoms. The SMILES string of the molecule is CCCNc1ccncc1C(=O)N(C)C1CCC1. The van der Waals surface area contributed by atoms with Crippen LogP contribution in [-0.4, -0.2) is 35.4 Å². The molecule has 1 aromatic heterocycles. The molecule has 98 valence electrons. The lowest BCUT2D eigenvalue weighted by Gasteiger charge is -2.35. The zero-order chi connectivity index (χ0) is 13.0. The number of nitrogens with zero attached hydrogens (tertiary/aromatic N) is 2. The van der Waals surface area contributed by atoms with E-state index in [1.807, 2.05) is 18.0 Å². The largest absolute Gasteiger partial charge is 0.384 e. The van der Waals surface area contributed by atoms with Crippen LogP contribution in [0.1, 0.15) is 43.0 Å². The summed E-state index contributed by atoms with van der Waals surface area (Å²) in [7, 11) is 1.89. The average molecular weight is 247 g/mol. The molecule has 1 heterocycles. The van der Waals surface area contributed by atoms with Crippen molar-refractivity contribution in [2.75, 3.05) is 18.9 Å². The van der Waals surface area contributed by atoms with Gasteiger partial charge in [0.05, 0.1) is 11.3 Å². The van der Waals surface area contributed by atoms with Gasteiger partial charge in [0.2, 0.25) is 0 Å². The zero-order valence-corrected chi connectivity index (χ0v) is 11.1. The van der Waals surface area contributed by atoms with Crippen LogP contribution in [0.25, 0.3) is 0 Å². The molecule has 4 nitrogen and oxygen atoms in total. The Kier molecular flexibility index (Phi) is 4.18. The van der Waals surface area contributed by atoms with Crippen molar-refractivity contribution in [1.29, 1.82) is 0 Å². The number of anilines is 1. The number of carbonyl (C=O) groups is 1. The summed E-state index contributed by atoms with van der Waals surface area (Å²) in [4.78, 5) is 18.3. The third-order valence-corrected chi connectivity index (χ3v) is 3.56. The lowest BCUT2D eigenvalue weighted by atomic mass is 9.91. The van der Waals surface area contributed by atoms with Gasteiger partial charge in [0.15, 0.2) is 0 Å². The summed E-state index contributed by atoms with van der Waals surface area (Å²) in [5.74, 6) is 0.0754. The molecule has 2 rings (SSSR count). The molecular weight excluding hydrogens is 226 g/mol. The second-order valence-corrected chi connectivity index (χ2v) is 4.85. The number of hydrogen-bond acceptors (Lipinski definition) is 3. The average Bonchev–Trinajstić information content (AvgIpc) is 2.33. The third kappa shape index (κ3) is 2.63. The minimum absolute atomic E-state index is 0.0754.